The normalized spacial score (nSPS) is 24.3. The van der Waals surface area contributed by atoms with E-state index in [0.29, 0.717) is 50.0 Å². The summed E-state index contributed by atoms with van der Waals surface area (Å²) in [6.07, 6.45) is 3.22. The van der Waals surface area contributed by atoms with Crippen molar-refractivity contribution >= 4 is 11.8 Å². The summed E-state index contributed by atoms with van der Waals surface area (Å²) in [6.45, 7) is 4.60. The van der Waals surface area contributed by atoms with E-state index >= 15 is 0 Å². The number of carbonyl (C=O) groups is 2. The molecular weight excluding hydrogens is 416 g/mol. The van der Waals surface area contributed by atoms with Crippen molar-refractivity contribution < 1.29 is 23.1 Å². The molecule has 2 atom stereocenters. The van der Waals surface area contributed by atoms with Crippen molar-refractivity contribution in [2.24, 2.45) is 0 Å². The van der Waals surface area contributed by atoms with Crippen molar-refractivity contribution in [3.63, 3.8) is 0 Å². The van der Waals surface area contributed by atoms with E-state index < -0.39 is 29.5 Å². The molecule has 0 radical (unpaired) electrons. The van der Waals surface area contributed by atoms with Gasteiger partial charge in [0, 0.05) is 38.2 Å². The number of piperidine rings is 1. The molecule has 0 N–H and O–H groups in total. The Hall–Kier alpha value is -2.87. The maximum atomic E-state index is 13.8. The highest BCUT2D eigenvalue weighted by Crippen LogP contribution is 2.47. The first kappa shape index (κ1) is 21.0. The van der Waals surface area contributed by atoms with E-state index in [1.54, 1.807) is 16.0 Å². The highest BCUT2D eigenvalue weighted by atomic mass is 19.1. The summed E-state index contributed by atoms with van der Waals surface area (Å²) in [7, 11) is 0. The van der Waals surface area contributed by atoms with Gasteiger partial charge in [-0.3, -0.25) is 14.6 Å². The van der Waals surface area contributed by atoms with Gasteiger partial charge in [-0.25, -0.2) is 8.78 Å². The monoisotopic (exact) mass is 441 g/mol. The summed E-state index contributed by atoms with van der Waals surface area (Å²) in [4.78, 5) is 34.1. The average molecular weight is 441 g/mol. The molecule has 0 bridgehead atoms. The first-order valence-electron chi connectivity index (χ1n) is 11.0. The van der Waals surface area contributed by atoms with Crippen molar-refractivity contribution in [3.8, 4) is 0 Å². The van der Waals surface area contributed by atoms with Crippen LogP contribution in [-0.4, -0.2) is 51.5 Å². The van der Waals surface area contributed by atoms with E-state index in [1.165, 1.54) is 12.1 Å². The minimum absolute atomic E-state index is 0.139. The zero-order valence-corrected chi connectivity index (χ0v) is 18.1. The number of halogens is 2. The number of ether oxygens (including phenoxy) is 1. The van der Waals surface area contributed by atoms with Crippen molar-refractivity contribution in [2.45, 2.75) is 57.4 Å². The Morgan fingerprint density at radius 1 is 1.12 bits per heavy atom. The Morgan fingerprint density at radius 3 is 2.50 bits per heavy atom. The largest absolute Gasteiger partial charge is 0.342 e. The van der Waals surface area contributed by atoms with Gasteiger partial charge in [-0.1, -0.05) is 0 Å². The third kappa shape index (κ3) is 3.28. The van der Waals surface area contributed by atoms with Crippen LogP contribution in [0.4, 0.5) is 8.78 Å². The zero-order valence-electron chi connectivity index (χ0n) is 18.1. The molecule has 32 heavy (non-hydrogen) atoms. The van der Waals surface area contributed by atoms with Gasteiger partial charge in [0.25, 0.3) is 11.8 Å². The van der Waals surface area contributed by atoms with Crippen molar-refractivity contribution in [2.75, 3.05) is 13.1 Å². The number of pyridine rings is 1. The molecule has 5 rings (SSSR count). The predicted octanol–water partition coefficient (Wildman–Crippen LogP) is 3.67. The molecule has 3 saturated heterocycles. The van der Waals surface area contributed by atoms with Crippen LogP contribution in [0.15, 0.2) is 30.5 Å². The quantitative estimate of drug-likeness (QED) is 0.714. The lowest BCUT2D eigenvalue weighted by molar-refractivity contribution is -0.142. The molecule has 3 aliphatic rings. The number of hydrogen-bond donors (Lipinski definition) is 0. The molecule has 1 aromatic carbocycles. The molecule has 6 nitrogen and oxygen atoms in total. The van der Waals surface area contributed by atoms with Gasteiger partial charge in [-0.2, -0.15) is 0 Å². The van der Waals surface area contributed by atoms with Crippen LogP contribution in [0.2, 0.25) is 0 Å². The van der Waals surface area contributed by atoms with Crippen molar-refractivity contribution in [3.05, 3.63) is 64.5 Å². The minimum atomic E-state index is -0.985. The maximum absolute atomic E-state index is 13.8. The number of fused-ring (bicyclic) bond motifs is 1. The Labute approximate surface area is 185 Å². The zero-order chi connectivity index (χ0) is 22.6. The van der Waals surface area contributed by atoms with Crippen LogP contribution < -0.4 is 0 Å². The molecular formula is C24H25F2N3O3. The second-order valence-electron chi connectivity index (χ2n) is 8.97. The fourth-order valence-corrected chi connectivity index (χ4v) is 5.21. The molecule has 4 heterocycles. The fourth-order valence-electron chi connectivity index (χ4n) is 5.21. The second kappa shape index (κ2) is 7.62. The molecule has 3 aliphatic heterocycles. The van der Waals surface area contributed by atoms with Gasteiger partial charge in [0.15, 0.2) is 5.60 Å². The van der Waals surface area contributed by atoms with E-state index in [9.17, 15) is 18.4 Å². The van der Waals surface area contributed by atoms with Gasteiger partial charge in [0.05, 0.1) is 6.04 Å². The van der Waals surface area contributed by atoms with E-state index in [1.807, 2.05) is 19.9 Å². The molecule has 0 saturated carbocycles. The molecule has 2 amide bonds. The van der Waals surface area contributed by atoms with Gasteiger partial charge < -0.3 is 14.5 Å². The molecule has 2 aromatic rings. The van der Waals surface area contributed by atoms with Crippen LogP contribution in [0.1, 0.15) is 58.9 Å². The number of nitrogens with zero attached hydrogens (tertiary/aromatic N) is 3. The maximum Gasteiger partial charge on any atom is 0.272 e. The summed E-state index contributed by atoms with van der Waals surface area (Å²) < 4.78 is 33.8. The number of carbonyl (C=O) groups excluding carboxylic acids is 2. The number of amides is 2. The Morgan fingerprint density at radius 2 is 1.81 bits per heavy atom. The van der Waals surface area contributed by atoms with Gasteiger partial charge in [0.2, 0.25) is 0 Å². The van der Waals surface area contributed by atoms with Crippen LogP contribution >= 0.6 is 0 Å². The third-order valence-electron chi connectivity index (χ3n) is 7.12. The minimum Gasteiger partial charge on any atom is -0.342 e. The molecule has 1 aromatic heterocycles. The van der Waals surface area contributed by atoms with Crippen LogP contribution in [0.5, 0.6) is 0 Å². The first-order chi connectivity index (χ1) is 15.3. The van der Waals surface area contributed by atoms with Crippen LogP contribution in [-0.2, 0) is 9.53 Å². The Bertz CT molecular complexity index is 1080. The molecule has 0 unspecified atom stereocenters. The van der Waals surface area contributed by atoms with E-state index in [-0.39, 0.29) is 11.8 Å². The Balaban J connectivity index is 1.32. The summed E-state index contributed by atoms with van der Waals surface area (Å²) in [5.41, 5.74) is 1.77. The number of hydrogen-bond acceptors (Lipinski definition) is 4. The molecule has 168 valence electrons. The van der Waals surface area contributed by atoms with Crippen LogP contribution in [0, 0.1) is 25.5 Å². The van der Waals surface area contributed by atoms with Crippen LogP contribution in [0.25, 0.3) is 0 Å². The molecule has 0 aliphatic carbocycles. The number of aryl methyl sites for hydroxylation is 1. The average Bonchev–Trinajstić information content (AvgIpc) is 3.28. The lowest BCUT2D eigenvalue weighted by atomic mass is 9.89. The van der Waals surface area contributed by atoms with E-state index in [4.69, 9.17) is 4.74 Å². The molecule has 3 fully saturated rings. The summed E-state index contributed by atoms with van der Waals surface area (Å²) >= 11 is 0. The standard InChI is InChI=1S/C24H25F2N3O3/c1-14-5-8-27-21(15(14)2)22(30)28-9-6-24(7-10-28)23(31)29-19(3-4-20(29)32-24)16-11-17(25)13-18(26)12-16/h5,8,11-13,19-20H,3-4,6-7,9-10H2,1-2H3/t19-,20+/m0/s1. The first-order valence-corrected chi connectivity index (χ1v) is 11.0. The third-order valence-corrected chi connectivity index (χ3v) is 7.12. The lowest BCUT2D eigenvalue weighted by Crippen LogP contribution is -2.51. The smallest absolute Gasteiger partial charge is 0.272 e. The van der Waals surface area contributed by atoms with Gasteiger partial charge in [-0.15, -0.1) is 0 Å². The van der Waals surface area contributed by atoms with Gasteiger partial charge in [-0.05, 0) is 61.6 Å². The summed E-state index contributed by atoms with van der Waals surface area (Å²) in [5, 5.41) is 0. The predicted molar refractivity (Wildman–Crippen MR) is 112 cm³/mol. The second-order valence-corrected chi connectivity index (χ2v) is 8.97. The number of likely N-dealkylation sites (tertiary alicyclic amines) is 1. The van der Waals surface area contributed by atoms with E-state index in [0.717, 1.165) is 17.2 Å². The topological polar surface area (TPSA) is 62.7 Å². The molecule has 8 heteroatoms. The van der Waals surface area contributed by atoms with Crippen molar-refractivity contribution in [1.29, 1.82) is 0 Å². The number of benzene rings is 1. The Kier molecular flexibility index (Phi) is 5.00. The number of aromatic nitrogens is 1. The summed E-state index contributed by atoms with van der Waals surface area (Å²) in [5.74, 6) is -1.60. The number of rotatable bonds is 2. The lowest BCUT2D eigenvalue weighted by Gasteiger charge is -2.37. The highest BCUT2D eigenvalue weighted by Gasteiger charge is 2.58. The van der Waals surface area contributed by atoms with Gasteiger partial charge >= 0.3 is 0 Å². The molecule has 1 spiro atoms. The SMILES string of the molecule is Cc1ccnc(C(=O)N2CCC3(CC2)O[C@@H]2CC[C@@H](c4cc(F)cc(F)c4)N2C3=O)c1C. The fraction of sp³-hybridized carbons (Fsp3) is 0.458. The summed E-state index contributed by atoms with van der Waals surface area (Å²) in [6, 6.07) is 4.86. The van der Waals surface area contributed by atoms with E-state index in [2.05, 4.69) is 4.98 Å². The van der Waals surface area contributed by atoms with Crippen molar-refractivity contribution in [1.82, 2.24) is 14.8 Å². The highest BCUT2D eigenvalue weighted by molar-refractivity contribution is 5.94. The van der Waals surface area contributed by atoms with Crippen LogP contribution in [0.3, 0.4) is 0 Å². The van der Waals surface area contributed by atoms with Gasteiger partial charge in [0.1, 0.15) is 23.6 Å².